The largest absolute Gasteiger partial charge is 0.376 e. The highest BCUT2D eigenvalue weighted by Crippen LogP contribution is 2.22. The van der Waals surface area contributed by atoms with Crippen LogP contribution in [0.3, 0.4) is 0 Å². The van der Waals surface area contributed by atoms with E-state index in [9.17, 15) is 14.4 Å². The first kappa shape index (κ1) is 19.6. The Kier molecular flexibility index (Phi) is 5.95. The van der Waals surface area contributed by atoms with Crippen LogP contribution >= 0.6 is 11.8 Å². The molecule has 146 valence electrons. The first-order chi connectivity index (χ1) is 12.9. The van der Waals surface area contributed by atoms with Crippen LogP contribution in [0.2, 0.25) is 0 Å². The topological polar surface area (TPSA) is 108 Å². The van der Waals surface area contributed by atoms with E-state index in [0.29, 0.717) is 23.8 Å². The summed E-state index contributed by atoms with van der Waals surface area (Å²) in [6.45, 7) is 3.12. The van der Waals surface area contributed by atoms with Gasteiger partial charge < -0.3 is 10.1 Å². The summed E-state index contributed by atoms with van der Waals surface area (Å²) in [6, 6.07) is 0. The number of thioether (sulfide) groups is 1. The summed E-state index contributed by atoms with van der Waals surface area (Å²) in [6.07, 6.45) is 2.60. The van der Waals surface area contributed by atoms with Crippen molar-refractivity contribution in [3.05, 3.63) is 26.7 Å². The van der Waals surface area contributed by atoms with E-state index in [1.165, 1.54) is 23.4 Å². The van der Waals surface area contributed by atoms with Crippen LogP contribution in [0.25, 0.3) is 11.0 Å². The van der Waals surface area contributed by atoms with Crippen molar-refractivity contribution in [2.45, 2.75) is 37.3 Å². The molecule has 0 saturated carbocycles. The van der Waals surface area contributed by atoms with Crippen LogP contribution in [-0.4, -0.2) is 50.0 Å². The summed E-state index contributed by atoms with van der Waals surface area (Å²) in [5.41, 5.74) is -0.617. The van der Waals surface area contributed by atoms with Gasteiger partial charge in [0.05, 0.1) is 11.9 Å². The molecule has 3 heterocycles. The number of rotatable bonds is 6. The summed E-state index contributed by atoms with van der Waals surface area (Å²) < 4.78 is 7.85. The molecule has 3 rings (SSSR count). The number of amides is 1. The smallest absolute Gasteiger partial charge is 0.332 e. The van der Waals surface area contributed by atoms with Crippen molar-refractivity contribution in [2.24, 2.45) is 14.1 Å². The van der Waals surface area contributed by atoms with Gasteiger partial charge in [-0.25, -0.2) is 14.8 Å². The van der Waals surface area contributed by atoms with Gasteiger partial charge in [0.15, 0.2) is 5.65 Å². The Labute approximate surface area is 160 Å². The normalized spacial score (nSPS) is 16.8. The molecule has 1 fully saturated rings. The Bertz CT molecular complexity index is 978. The predicted molar refractivity (Wildman–Crippen MR) is 102 cm³/mol. The fraction of sp³-hybridized carbons (Fsp3) is 0.588. The quantitative estimate of drug-likeness (QED) is 0.543. The molecule has 1 aliphatic rings. The zero-order valence-corrected chi connectivity index (χ0v) is 16.5. The van der Waals surface area contributed by atoms with Gasteiger partial charge in [-0.1, -0.05) is 18.7 Å². The van der Waals surface area contributed by atoms with Gasteiger partial charge in [0, 0.05) is 33.7 Å². The van der Waals surface area contributed by atoms with E-state index in [4.69, 9.17) is 4.74 Å². The number of hydrogen-bond acceptors (Lipinski definition) is 7. The summed E-state index contributed by atoms with van der Waals surface area (Å²) in [5.74, 6) is 0.489. The van der Waals surface area contributed by atoms with Crippen molar-refractivity contribution in [3.63, 3.8) is 0 Å². The zero-order valence-electron chi connectivity index (χ0n) is 15.7. The third-order valence-corrected chi connectivity index (χ3v) is 5.50. The van der Waals surface area contributed by atoms with Gasteiger partial charge >= 0.3 is 5.69 Å². The minimum absolute atomic E-state index is 0.0762. The zero-order chi connectivity index (χ0) is 19.6. The highest BCUT2D eigenvalue weighted by atomic mass is 32.2. The van der Waals surface area contributed by atoms with Gasteiger partial charge in [0.1, 0.15) is 16.2 Å². The molecule has 0 aliphatic carbocycles. The number of ether oxygens (including phenoxy) is 1. The molecule has 10 heteroatoms. The Morgan fingerprint density at radius 3 is 2.74 bits per heavy atom. The number of aromatic nitrogens is 4. The molecule has 1 N–H and O–H groups in total. The van der Waals surface area contributed by atoms with E-state index in [2.05, 4.69) is 15.3 Å². The van der Waals surface area contributed by atoms with Crippen LogP contribution in [0, 0.1) is 0 Å². The van der Waals surface area contributed by atoms with Gasteiger partial charge in [0.2, 0.25) is 5.91 Å². The monoisotopic (exact) mass is 393 g/mol. The van der Waals surface area contributed by atoms with Crippen LogP contribution < -0.4 is 16.6 Å². The maximum Gasteiger partial charge on any atom is 0.332 e. The molecule has 9 nitrogen and oxygen atoms in total. The van der Waals surface area contributed by atoms with Gasteiger partial charge in [-0.15, -0.1) is 0 Å². The minimum atomic E-state index is -0.460. The Morgan fingerprint density at radius 1 is 1.30 bits per heavy atom. The van der Waals surface area contributed by atoms with Gasteiger partial charge in [0.25, 0.3) is 5.56 Å². The molecule has 0 bridgehead atoms. The lowest BCUT2D eigenvalue weighted by molar-refractivity contribution is -0.119. The van der Waals surface area contributed by atoms with E-state index in [1.54, 1.807) is 7.05 Å². The van der Waals surface area contributed by atoms with Crippen LogP contribution in [0.1, 0.15) is 25.6 Å². The lowest BCUT2D eigenvalue weighted by Gasteiger charge is -2.12. The SMILES string of the molecule is CCc1nc(SCC(=O)NC[C@H]2CCCO2)c2c(=O)n(C)c(=O)n(C)c2n1. The molecule has 1 aliphatic heterocycles. The molecule has 2 aromatic heterocycles. The number of nitrogens with zero attached hydrogens (tertiary/aromatic N) is 4. The van der Waals surface area contributed by atoms with E-state index in [-0.39, 0.29) is 28.8 Å². The van der Waals surface area contributed by atoms with Crippen molar-refractivity contribution in [3.8, 4) is 0 Å². The number of carbonyl (C=O) groups is 1. The first-order valence-electron chi connectivity index (χ1n) is 8.90. The number of fused-ring (bicyclic) bond motifs is 1. The molecule has 1 saturated heterocycles. The lowest BCUT2D eigenvalue weighted by atomic mass is 10.2. The van der Waals surface area contributed by atoms with E-state index >= 15 is 0 Å². The van der Waals surface area contributed by atoms with Gasteiger partial charge in [-0.2, -0.15) is 0 Å². The number of nitrogens with one attached hydrogen (secondary N) is 1. The van der Waals surface area contributed by atoms with E-state index in [1.807, 2.05) is 6.92 Å². The average molecular weight is 393 g/mol. The van der Waals surface area contributed by atoms with E-state index < -0.39 is 11.2 Å². The lowest BCUT2D eigenvalue weighted by Crippen LogP contribution is -2.38. The molecule has 27 heavy (non-hydrogen) atoms. The van der Waals surface area contributed by atoms with E-state index in [0.717, 1.165) is 24.0 Å². The summed E-state index contributed by atoms with van der Waals surface area (Å²) in [4.78, 5) is 45.7. The Hall–Kier alpha value is -2.20. The first-order valence-corrected chi connectivity index (χ1v) is 9.88. The second-order valence-electron chi connectivity index (χ2n) is 6.43. The van der Waals surface area contributed by atoms with Crippen molar-refractivity contribution >= 4 is 28.7 Å². The highest BCUT2D eigenvalue weighted by Gasteiger charge is 2.19. The van der Waals surface area contributed by atoms with Gasteiger partial charge in [-0.05, 0) is 12.8 Å². The van der Waals surface area contributed by atoms with Crippen LogP contribution in [0.4, 0.5) is 0 Å². The average Bonchev–Trinajstić information content (AvgIpc) is 3.20. The summed E-state index contributed by atoms with van der Waals surface area (Å²) >= 11 is 1.17. The molecule has 1 atom stereocenters. The minimum Gasteiger partial charge on any atom is -0.376 e. The fourth-order valence-corrected chi connectivity index (χ4v) is 3.82. The third kappa shape index (κ3) is 4.06. The maximum absolute atomic E-state index is 12.6. The number of hydrogen-bond donors (Lipinski definition) is 1. The standard InChI is InChI=1S/C17H23N5O4S/c1-4-11-19-14-13(16(24)22(3)17(25)21(14)2)15(20-11)27-9-12(23)18-8-10-6-5-7-26-10/h10H,4-9H2,1-3H3,(H,18,23)/t10-/m1/s1. The number of aryl methyl sites for hydroxylation is 2. The Morgan fingerprint density at radius 2 is 2.07 bits per heavy atom. The number of carbonyl (C=O) groups excluding carboxylic acids is 1. The molecule has 0 radical (unpaired) electrons. The second-order valence-corrected chi connectivity index (χ2v) is 7.39. The molecule has 0 unspecified atom stereocenters. The predicted octanol–water partition coefficient (Wildman–Crippen LogP) is -0.0231. The van der Waals surface area contributed by atoms with Gasteiger partial charge in [-0.3, -0.25) is 18.7 Å². The van der Waals surface area contributed by atoms with Crippen LogP contribution in [0.5, 0.6) is 0 Å². The van der Waals surface area contributed by atoms with Crippen LogP contribution in [-0.2, 0) is 30.0 Å². The van der Waals surface area contributed by atoms with Crippen molar-refractivity contribution in [2.75, 3.05) is 18.9 Å². The summed E-state index contributed by atoms with van der Waals surface area (Å²) in [5, 5.41) is 3.53. The summed E-state index contributed by atoms with van der Waals surface area (Å²) in [7, 11) is 2.99. The molecular formula is C17H23N5O4S. The van der Waals surface area contributed by atoms with Crippen molar-refractivity contribution in [1.29, 1.82) is 0 Å². The molecule has 0 aromatic carbocycles. The third-order valence-electron chi connectivity index (χ3n) is 4.52. The van der Waals surface area contributed by atoms with Crippen LogP contribution in [0.15, 0.2) is 14.6 Å². The van der Waals surface area contributed by atoms with Crippen molar-refractivity contribution in [1.82, 2.24) is 24.4 Å². The molecule has 1 amide bonds. The Balaban J connectivity index is 1.85. The second kappa shape index (κ2) is 8.22. The highest BCUT2D eigenvalue weighted by molar-refractivity contribution is 8.00. The molecular weight excluding hydrogens is 370 g/mol. The molecule has 0 spiro atoms. The maximum atomic E-state index is 12.6. The van der Waals surface area contributed by atoms with Crippen molar-refractivity contribution < 1.29 is 9.53 Å². The molecule has 2 aromatic rings. The fourth-order valence-electron chi connectivity index (χ4n) is 2.95.